The molecule has 0 spiro atoms. The van der Waals surface area contributed by atoms with Crippen molar-refractivity contribution in [1.29, 1.82) is 0 Å². The van der Waals surface area contributed by atoms with Gasteiger partial charge in [-0.05, 0) is 48.9 Å². The first-order valence-electron chi connectivity index (χ1n) is 6.77. The number of allylic oxidation sites excluding steroid dienone is 1. The van der Waals surface area contributed by atoms with Gasteiger partial charge in [-0.15, -0.1) is 0 Å². The quantitative estimate of drug-likeness (QED) is 0.679. The first kappa shape index (κ1) is 14.5. The minimum Gasteiger partial charge on any atom is -0.454 e. The van der Waals surface area contributed by atoms with Gasteiger partial charge in [-0.1, -0.05) is 11.6 Å². The highest BCUT2D eigenvalue weighted by molar-refractivity contribution is 6.30. The van der Waals surface area contributed by atoms with E-state index < -0.39 is 0 Å². The minimum absolute atomic E-state index is 0.114. The molecule has 0 atom stereocenters. The number of rotatable bonds is 4. The fourth-order valence-electron chi connectivity index (χ4n) is 2.14. The molecule has 0 radical (unpaired) electrons. The lowest BCUT2D eigenvalue weighted by Crippen LogP contribution is -1.97. The maximum absolute atomic E-state index is 12.1. The summed E-state index contributed by atoms with van der Waals surface area (Å²) in [7, 11) is 0. The number of nitrogens with one attached hydrogen (secondary N) is 1. The van der Waals surface area contributed by atoms with Gasteiger partial charge in [0.05, 0.1) is 0 Å². The molecule has 0 bridgehead atoms. The number of benzene rings is 2. The molecular formula is C17H14ClNO3. The Bertz CT molecular complexity index is 756. The molecule has 2 aromatic rings. The second-order valence-electron chi connectivity index (χ2n) is 4.87. The third-order valence-electron chi connectivity index (χ3n) is 3.32. The third kappa shape index (κ3) is 3.07. The molecule has 0 fully saturated rings. The fourth-order valence-corrected chi connectivity index (χ4v) is 2.37. The van der Waals surface area contributed by atoms with Gasteiger partial charge in [0.15, 0.2) is 17.3 Å². The molecule has 112 valence electrons. The molecule has 1 N–H and O–H groups in total. The Balaban J connectivity index is 1.68. The molecule has 0 saturated heterocycles. The summed E-state index contributed by atoms with van der Waals surface area (Å²) in [5.74, 6) is 1.15. The van der Waals surface area contributed by atoms with Gasteiger partial charge in [-0.25, -0.2) is 0 Å². The SMILES string of the molecule is Cc1cc(Cl)ccc1NC=CC(=O)c1ccc2c(c1)OCO2. The summed E-state index contributed by atoms with van der Waals surface area (Å²) < 4.78 is 10.5. The molecule has 22 heavy (non-hydrogen) atoms. The summed E-state index contributed by atoms with van der Waals surface area (Å²) in [6.07, 6.45) is 3.09. The van der Waals surface area contributed by atoms with Crippen molar-refractivity contribution in [3.05, 3.63) is 64.8 Å². The third-order valence-corrected chi connectivity index (χ3v) is 3.55. The monoisotopic (exact) mass is 315 g/mol. The van der Waals surface area contributed by atoms with Gasteiger partial charge < -0.3 is 14.8 Å². The maximum Gasteiger partial charge on any atom is 0.231 e. The van der Waals surface area contributed by atoms with E-state index in [9.17, 15) is 4.79 Å². The Kier molecular flexibility index (Phi) is 4.02. The molecule has 0 aromatic heterocycles. The molecule has 0 unspecified atom stereocenters. The average molecular weight is 316 g/mol. The van der Waals surface area contributed by atoms with Gasteiger partial charge in [-0.2, -0.15) is 0 Å². The van der Waals surface area contributed by atoms with E-state index in [0.717, 1.165) is 11.3 Å². The summed E-state index contributed by atoms with van der Waals surface area (Å²) in [5, 5.41) is 3.76. The zero-order valence-corrected chi connectivity index (χ0v) is 12.7. The van der Waals surface area contributed by atoms with Crippen LogP contribution in [-0.2, 0) is 0 Å². The van der Waals surface area contributed by atoms with Crippen LogP contribution < -0.4 is 14.8 Å². The van der Waals surface area contributed by atoms with Crippen LogP contribution in [0.4, 0.5) is 5.69 Å². The Labute approximate surface area is 133 Å². The highest BCUT2D eigenvalue weighted by atomic mass is 35.5. The maximum atomic E-state index is 12.1. The Hall–Kier alpha value is -2.46. The van der Waals surface area contributed by atoms with Crippen LogP contribution in [0.5, 0.6) is 11.5 Å². The predicted octanol–water partition coefficient (Wildman–Crippen LogP) is 4.19. The van der Waals surface area contributed by atoms with Crippen LogP contribution >= 0.6 is 11.6 Å². The molecule has 4 nitrogen and oxygen atoms in total. The predicted molar refractivity (Wildman–Crippen MR) is 85.8 cm³/mol. The topological polar surface area (TPSA) is 47.6 Å². The van der Waals surface area contributed by atoms with E-state index in [4.69, 9.17) is 21.1 Å². The highest BCUT2D eigenvalue weighted by Gasteiger charge is 2.14. The van der Waals surface area contributed by atoms with Gasteiger partial charge in [0, 0.05) is 28.5 Å². The van der Waals surface area contributed by atoms with Crippen molar-refractivity contribution in [3.63, 3.8) is 0 Å². The van der Waals surface area contributed by atoms with Crippen molar-refractivity contribution in [2.45, 2.75) is 6.92 Å². The normalized spacial score (nSPS) is 12.6. The number of ether oxygens (including phenoxy) is 2. The minimum atomic E-state index is -0.114. The van der Waals surface area contributed by atoms with Gasteiger partial charge in [0.25, 0.3) is 0 Å². The van der Waals surface area contributed by atoms with Crippen LogP contribution in [0.25, 0.3) is 0 Å². The molecule has 1 aliphatic heterocycles. The van der Waals surface area contributed by atoms with Crippen molar-refractivity contribution in [1.82, 2.24) is 0 Å². The van der Waals surface area contributed by atoms with E-state index in [-0.39, 0.29) is 12.6 Å². The summed E-state index contributed by atoms with van der Waals surface area (Å²) >= 11 is 5.91. The van der Waals surface area contributed by atoms with Crippen LogP contribution in [-0.4, -0.2) is 12.6 Å². The van der Waals surface area contributed by atoms with Crippen LogP contribution in [0.3, 0.4) is 0 Å². The van der Waals surface area contributed by atoms with Crippen molar-refractivity contribution in [3.8, 4) is 11.5 Å². The smallest absolute Gasteiger partial charge is 0.231 e. The number of aryl methyl sites for hydroxylation is 1. The Morgan fingerprint density at radius 2 is 2.00 bits per heavy atom. The lowest BCUT2D eigenvalue weighted by molar-refractivity contribution is 0.104. The van der Waals surface area contributed by atoms with E-state index in [1.807, 2.05) is 19.1 Å². The summed E-state index contributed by atoms with van der Waals surface area (Å²) in [6, 6.07) is 10.7. The first-order chi connectivity index (χ1) is 10.6. The second-order valence-corrected chi connectivity index (χ2v) is 5.31. The molecule has 0 aliphatic carbocycles. The number of hydrogen-bond acceptors (Lipinski definition) is 4. The zero-order valence-electron chi connectivity index (χ0n) is 11.9. The average Bonchev–Trinajstić information content (AvgIpc) is 2.96. The zero-order chi connectivity index (χ0) is 15.5. The van der Waals surface area contributed by atoms with Gasteiger partial charge in [0.2, 0.25) is 6.79 Å². The number of fused-ring (bicyclic) bond motifs is 1. The largest absolute Gasteiger partial charge is 0.454 e. The standard InChI is InChI=1S/C17H14ClNO3/c1-11-8-13(18)3-4-14(11)19-7-6-15(20)12-2-5-16-17(9-12)22-10-21-16/h2-9,19H,10H2,1H3. The molecule has 3 rings (SSSR count). The van der Waals surface area contributed by atoms with Crippen molar-refractivity contribution in [2.75, 3.05) is 12.1 Å². The lowest BCUT2D eigenvalue weighted by atomic mass is 10.1. The first-order valence-corrected chi connectivity index (χ1v) is 7.14. The molecular weight excluding hydrogens is 302 g/mol. The van der Waals surface area contributed by atoms with E-state index in [0.29, 0.717) is 22.1 Å². The number of carbonyl (C=O) groups is 1. The summed E-state index contributed by atoms with van der Waals surface area (Å²) in [5.41, 5.74) is 2.46. The van der Waals surface area contributed by atoms with Crippen LogP contribution in [0.1, 0.15) is 15.9 Å². The number of carbonyl (C=O) groups excluding carboxylic acids is 1. The van der Waals surface area contributed by atoms with E-state index in [2.05, 4.69) is 5.32 Å². The Morgan fingerprint density at radius 3 is 2.82 bits per heavy atom. The second kappa shape index (κ2) is 6.12. The van der Waals surface area contributed by atoms with Gasteiger partial charge in [0.1, 0.15) is 0 Å². The molecule has 0 saturated carbocycles. The van der Waals surface area contributed by atoms with Crippen molar-refractivity contribution < 1.29 is 14.3 Å². The van der Waals surface area contributed by atoms with Crippen molar-refractivity contribution >= 4 is 23.1 Å². The molecule has 2 aromatic carbocycles. The number of ketones is 1. The highest BCUT2D eigenvalue weighted by Crippen LogP contribution is 2.32. The summed E-state index contributed by atoms with van der Waals surface area (Å²) in [6.45, 7) is 2.14. The fraction of sp³-hybridized carbons (Fsp3) is 0.118. The van der Waals surface area contributed by atoms with Crippen LogP contribution in [0.2, 0.25) is 5.02 Å². The van der Waals surface area contributed by atoms with Crippen LogP contribution in [0.15, 0.2) is 48.7 Å². The van der Waals surface area contributed by atoms with Gasteiger partial charge >= 0.3 is 0 Å². The van der Waals surface area contributed by atoms with E-state index >= 15 is 0 Å². The van der Waals surface area contributed by atoms with E-state index in [1.165, 1.54) is 6.08 Å². The Morgan fingerprint density at radius 1 is 1.18 bits per heavy atom. The number of hydrogen-bond donors (Lipinski definition) is 1. The molecule has 0 amide bonds. The molecule has 1 heterocycles. The lowest BCUT2D eigenvalue weighted by Gasteiger charge is -2.05. The van der Waals surface area contributed by atoms with Gasteiger partial charge in [-0.3, -0.25) is 4.79 Å². The van der Waals surface area contributed by atoms with Crippen LogP contribution in [0, 0.1) is 6.92 Å². The number of halogens is 1. The van der Waals surface area contributed by atoms with E-state index in [1.54, 1.807) is 30.5 Å². The van der Waals surface area contributed by atoms with Crippen molar-refractivity contribution in [2.24, 2.45) is 0 Å². The number of anilines is 1. The molecule has 1 aliphatic rings. The molecule has 5 heteroatoms. The summed E-state index contributed by atoms with van der Waals surface area (Å²) in [4.78, 5) is 12.1.